The van der Waals surface area contributed by atoms with Gasteiger partial charge in [-0.2, -0.15) is 0 Å². The Morgan fingerprint density at radius 3 is 2.56 bits per heavy atom. The number of thiocarbonyl (C=S) groups is 1. The number of para-hydroxylation sites is 2. The van der Waals surface area contributed by atoms with E-state index in [4.69, 9.17) is 18.0 Å². The third-order valence-corrected chi connectivity index (χ3v) is 4.62. The average Bonchev–Trinajstić information content (AvgIpc) is 3.13. The molecule has 1 aromatic heterocycles. The smallest absolute Gasteiger partial charge is 0.281 e. The molecule has 0 spiro atoms. The molecule has 7 heteroatoms. The lowest BCUT2D eigenvalue weighted by atomic mass is 10.1. The van der Waals surface area contributed by atoms with Gasteiger partial charge in [0.1, 0.15) is 12.2 Å². The second-order valence-electron chi connectivity index (χ2n) is 6.16. The molecule has 2 aromatic carbocycles. The molecule has 0 aliphatic carbocycles. The van der Waals surface area contributed by atoms with Crippen LogP contribution in [-0.2, 0) is 16.1 Å². The molecule has 0 radical (unpaired) electrons. The third kappa shape index (κ3) is 3.09. The lowest BCUT2D eigenvalue weighted by Crippen LogP contribution is -2.30. The number of aromatic nitrogens is 1. The monoisotopic (exact) mass is 376 g/mol. The van der Waals surface area contributed by atoms with Crippen LogP contribution in [0.3, 0.4) is 0 Å². The van der Waals surface area contributed by atoms with Crippen LogP contribution in [0.5, 0.6) is 0 Å². The highest BCUT2D eigenvalue weighted by Crippen LogP contribution is 2.26. The van der Waals surface area contributed by atoms with Gasteiger partial charge in [-0.1, -0.05) is 36.4 Å². The first kappa shape index (κ1) is 17.0. The molecule has 0 unspecified atom stereocenters. The minimum absolute atomic E-state index is 0.0691. The van der Waals surface area contributed by atoms with Gasteiger partial charge in [-0.05, 0) is 36.5 Å². The van der Waals surface area contributed by atoms with E-state index in [0.29, 0.717) is 16.5 Å². The lowest BCUT2D eigenvalue weighted by molar-refractivity contribution is -0.118. The minimum Gasteiger partial charge on any atom is -0.368 e. The van der Waals surface area contributed by atoms with E-state index in [-0.39, 0.29) is 12.5 Å². The molecule has 3 aromatic rings. The number of nitrogens with zero attached hydrogens (tertiary/aromatic N) is 2. The van der Waals surface area contributed by atoms with Gasteiger partial charge in [0.2, 0.25) is 5.91 Å². The van der Waals surface area contributed by atoms with Gasteiger partial charge < -0.3 is 15.6 Å². The van der Waals surface area contributed by atoms with E-state index in [0.717, 1.165) is 16.5 Å². The van der Waals surface area contributed by atoms with Crippen LogP contribution < -0.4 is 16.0 Å². The van der Waals surface area contributed by atoms with Gasteiger partial charge >= 0.3 is 0 Å². The Kier molecular flexibility index (Phi) is 4.21. The predicted octanol–water partition coefficient (Wildman–Crippen LogP) is 2.39. The van der Waals surface area contributed by atoms with Crippen molar-refractivity contribution >= 4 is 51.8 Å². The number of rotatable bonds is 4. The fourth-order valence-corrected chi connectivity index (χ4v) is 3.49. The summed E-state index contributed by atoms with van der Waals surface area (Å²) in [7, 11) is 0. The van der Waals surface area contributed by atoms with E-state index in [1.807, 2.05) is 60.8 Å². The largest absolute Gasteiger partial charge is 0.368 e. The van der Waals surface area contributed by atoms with E-state index < -0.39 is 5.91 Å². The Morgan fingerprint density at radius 2 is 1.81 bits per heavy atom. The molecule has 2 amide bonds. The van der Waals surface area contributed by atoms with Crippen molar-refractivity contribution in [2.24, 2.45) is 5.73 Å². The minimum atomic E-state index is -0.429. The topological polar surface area (TPSA) is 80.4 Å². The van der Waals surface area contributed by atoms with E-state index in [9.17, 15) is 9.59 Å². The number of hydrogen-bond acceptors (Lipinski definition) is 3. The third-order valence-electron chi connectivity index (χ3n) is 4.34. The number of hydrogen-bond donors (Lipinski definition) is 2. The molecule has 0 bridgehead atoms. The van der Waals surface area contributed by atoms with Crippen molar-refractivity contribution in [2.75, 3.05) is 4.90 Å². The predicted molar refractivity (Wildman–Crippen MR) is 109 cm³/mol. The molecule has 1 aliphatic rings. The van der Waals surface area contributed by atoms with E-state index in [1.165, 1.54) is 4.90 Å². The zero-order chi connectivity index (χ0) is 19.0. The maximum Gasteiger partial charge on any atom is 0.281 e. The van der Waals surface area contributed by atoms with Crippen LogP contribution >= 0.6 is 12.2 Å². The molecule has 2 heterocycles. The number of carbonyl (C=O) groups excluding carboxylic acids is 2. The summed E-state index contributed by atoms with van der Waals surface area (Å²) in [6.45, 7) is 0.0691. The van der Waals surface area contributed by atoms with Crippen LogP contribution in [0.15, 0.2) is 66.5 Å². The number of nitrogens with two attached hydrogens (primary N) is 1. The molecule has 4 rings (SSSR count). The fraction of sp³-hybridized carbons (Fsp3) is 0.0500. The fourth-order valence-electron chi connectivity index (χ4n) is 3.19. The summed E-state index contributed by atoms with van der Waals surface area (Å²) in [5, 5.41) is 4.24. The van der Waals surface area contributed by atoms with Crippen molar-refractivity contribution in [3.05, 3.63) is 72.1 Å². The summed E-state index contributed by atoms with van der Waals surface area (Å²) < 4.78 is 1.77. The van der Waals surface area contributed by atoms with Crippen molar-refractivity contribution in [3.8, 4) is 0 Å². The number of nitrogens with one attached hydrogen (secondary N) is 1. The van der Waals surface area contributed by atoms with Gasteiger partial charge in [0.15, 0.2) is 5.11 Å². The Bertz CT molecular complexity index is 1100. The molecule has 27 heavy (non-hydrogen) atoms. The van der Waals surface area contributed by atoms with Crippen LogP contribution in [-0.4, -0.2) is 21.5 Å². The number of primary amides is 1. The van der Waals surface area contributed by atoms with Crippen molar-refractivity contribution in [3.63, 3.8) is 0 Å². The van der Waals surface area contributed by atoms with Crippen LogP contribution in [0.25, 0.3) is 17.0 Å². The summed E-state index contributed by atoms with van der Waals surface area (Å²) in [5.41, 5.74) is 8.11. The second kappa shape index (κ2) is 6.69. The molecule has 1 fully saturated rings. The first-order valence-corrected chi connectivity index (χ1v) is 8.74. The zero-order valence-electron chi connectivity index (χ0n) is 14.3. The number of anilines is 1. The van der Waals surface area contributed by atoms with E-state index >= 15 is 0 Å². The summed E-state index contributed by atoms with van der Waals surface area (Å²) in [5.74, 6) is -0.653. The highest BCUT2D eigenvalue weighted by Gasteiger charge is 2.32. The first-order chi connectivity index (χ1) is 13.0. The van der Waals surface area contributed by atoms with Crippen molar-refractivity contribution < 1.29 is 9.59 Å². The number of benzene rings is 2. The summed E-state index contributed by atoms with van der Waals surface area (Å²) >= 11 is 5.34. The summed E-state index contributed by atoms with van der Waals surface area (Å²) in [4.78, 5) is 25.7. The molecule has 134 valence electrons. The molecule has 0 atom stereocenters. The quantitative estimate of drug-likeness (QED) is 0.541. The number of fused-ring (bicyclic) bond motifs is 1. The highest BCUT2D eigenvalue weighted by atomic mass is 32.1. The van der Waals surface area contributed by atoms with Gasteiger partial charge in [0.05, 0.1) is 5.69 Å². The van der Waals surface area contributed by atoms with Crippen LogP contribution in [0.1, 0.15) is 5.56 Å². The summed E-state index contributed by atoms with van der Waals surface area (Å²) in [6.07, 6.45) is 3.56. The molecule has 0 saturated carbocycles. The Morgan fingerprint density at radius 1 is 1.11 bits per heavy atom. The van der Waals surface area contributed by atoms with Crippen LogP contribution in [0.2, 0.25) is 0 Å². The standard InChI is InChI=1S/C20H16N4O2S/c21-18(25)12-23-11-13(15-8-4-5-9-17(15)23)10-16-19(26)24(20(27)22-16)14-6-2-1-3-7-14/h1-11H,12H2,(H2,21,25)(H,22,27). The summed E-state index contributed by atoms with van der Waals surface area (Å²) in [6, 6.07) is 16.9. The van der Waals surface area contributed by atoms with Crippen LogP contribution in [0, 0.1) is 0 Å². The highest BCUT2D eigenvalue weighted by molar-refractivity contribution is 7.80. The van der Waals surface area contributed by atoms with Gasteiger partial charge in [-0.3, -0.25) is 14.5 Å². The first-order valence-electron chi connectivity index (χ1n) is 8.33. The Balaban J connectivity index is 1.75. The molecular weight excluding hydrogens is 360 g/mol. The van der Waals surface area contributed by atoms with Crippen molar-refractivity contribution in [1.82, 2.24) is 9.88 Å². The molecule has 6 nitrogen and oxygen atoms in total. The Hall–Kier alpha value is -3.45. The Labute approximate surface area is 160 Å². The van der Waals surface area contributed by atoms with Gasteiger partial charge in [-0.15, -0.1) is 0 Å². The van der Waals surface area contributed by atoms with E-state index in [2.05, 4.69) is 5.32 Å². The van der Waals surface area contributed by atoms with Gasteiger partial charge in [0.25, 0.3) is 5.91 Å². The maximum atomic E-state index is 12.9. The van der Waals surface area contributed by atoms with Gasteiger partial charge in [0, 0.05) is 22.7 Å². The zero-order valence-corrected chi connectivity index (χ0v) is 15.1. The number of carbonyl (C=O) groups is 2. The van der Waals surface area contributed by atoms with E-state index in [1.54, 1.807) is 10.6 Å². The maximum absolute atomic E-state index is 12.9. The molecule has 1 aliphatic heterocycles. The lowest BCUT2D eigenvalue weighted by Gasteiger charge is -2.13. The van der Waals surface area contributed by atoms with Crippen molar-refractivity contribution in [2.45, 2.75) is 6.54 Å². The molecule has 1 saturated heterocycles. The number of amides is 2. The molecular formula is C20H16N4O2S. The average molecular weight is 376 g/mol. The molecule has 3 N–H and O–H groups in total. The van der Waals surface area contributed by atoms with Gasteiger partial charge in [-0.25, -0.2) is 0 Å². The van der Waals surface area contributed by atoms with Crippen molar-refractivity contribution in [1.29, 1.82) is 0 Å². The second-order valence-corrected chi connectivity index (χ2v) is 6.55. The van der Waals surface area contributed by atoms with Crippen LogP contribution in [0.4, 0.5) is 5.69 Å². The SMILES string of the molecule is NC(=O)Cn1cc(C=C2NC(=S)N(c3ccccc3)C2=O)c2ccccc21. The normalized spacial score (nSPS) is 15.6.